The molecule has 1 atom stereocenters. The van der Waals surface area contributed by atoms with E-state index < -0.39 is 6.04 Å². The number of nitrogens with one attached hydrogen (secondary N) is 1. The summed E-state index contributed by atoms with van der Waals surface area (Å²) >= 11 is 0. The Morgan fingerprint density at radius 2 is 1.66 bits per heavy atom. The third-order valence-corrected chi connectivity index (χ3v) is 9.41. The summed E-state index contributed by atoms with van der Waals surface area (Å²) in [5.74, 6) is 1.26. The summed E-state index contributed by atoms with van der Waals surface area (Å²) in [5, 5.41) is 2.99. The maximum Gasteiger partial charge on any atom is 0.261 e. The van der Waals surface area contributed by atoms with Crippen molar-refractivity contribution < 1.29 is 19.1 Å². The van der Waals surface area contributed by atoms with Gasteiger partial charge in [0.05, 0.1) is 6.61 Å². The standard InChI is InChI=1S/C36H52N4O4/c1-3-23-43-34-15-12-30(24-28(34)2)26-40(33-9-5-6-18-37-36(33)42)35(41)27-44-32-13-10-29(11-14-32)25-38-21-16-31(17-22-38)39-19-7-4-8-20-39/h10-15,24,31,33H,3-9,16-23,25-27H2,1-2H3,(H,37,42)/t33-/m0/s1. The van der Waals surface area contributed by atoms with Gasteiger partial charge in [0, 0.05) is 25.7 Å². The smallest absolute Gasteiger partial charge is 0.261 e. The number of aryl methyl sites for hydroxylation is 1. The number of rotatable bonds is 12. The lowest BCUT2D eigenvalue weighted by Gasteiger charge is -2.40. The first-order valence-electron chi connectivity index (χ1n) is 17.0. The molecule has 0 spiro atoms. The minimum atomic E-state index is -0.508. The summed E-state index contributed by atoms with van der Waals surface area (Å²) in [4.78, 5) is 33.6. The van der Waals surface area contributed by atoms with E-state index in [0.717, 1.165) is 61.8 Å². The number of nitrogens with zero attached hydrogens (tertiary/aromatic N) is 3. The Balaban J connectivity index is 1.16. The summed E-state index contributed by atoms with van der Waals surface area (Å²) in [6.45, 7) is 11.5. The van der Waals surface area contributed by atoms with Gasteiger partial charge < -0.3 is 24.6 Å². The average Bonchev–Trinajstić information content (AvgIpc) is 3.27. The van der Waals surface area contributed by atoms with E-state index in [0.29, 0.717) is 31.9 Å². The highest BCUT2D eigenvalue weighted by atomic mass is 16.5. The fourth-order valence-electron chi connectivity index (χ4n) is 6.88. The second-order valence-electron chi connectivity index (χ2n) is 12.8. The molecule has 0 aliphatic carbocycles. The first-order chi connectivity index (χ1) is 21.5. The number of benzene rings is 2. The molecule has 3 heterocycles. The molecule has 240 valence electrons. The van der Waals surface area contributed by atoms with Crippen molar-refractivity contribution in [2.24, 2.45) is 0 Å². The number of carbonyl (C=O) groups excluding carboxylic acids is 2. The van der Waals surface area contributed by atoms with Crippen LogP contribution in [-0.4, -0.2) is 84.5 Å². The van der Waals surface area contributed by atoms with Crippen LogP contribution in [0.25, 0.3) is 0 Å². The molecular weight excluding hydrogens is 552 g/mol. The van der Waals surface area contributed by atoms with Gasteiger partial charge in [-0.25, -0.2) is 0 Å². The zero-order valence-electron chi connectivity index (χ0n) is 26.9. The van der Waals surface area contributed by atoms with Crippen LogP contribution in [0.15, 0.2) is 42.5 Å². The molecule has 3 aliphatic rings. The highest BCUT2D eigenvalue weighted by molar-refractivity contribution is 5.88. The van der Waals surface area contributed by atoms with Crippen LogP contribution < -0.4 is 14.8 Å². The molecule has 2 amide bonds. The van der Waals surface area contributed by atoms with Gasteiger partial charge in [0.15, 0.2) is 6.61 Å². The number of hydrogen-bond acceptors (Lipinski definition) is 6. The molecule has 5 rings (SSSR count). The molecule has 3 fully saturated rings. The second kappa shape index (κ2) is 16.3. The minimum Gasteiger partial charge on any atom is -0.493 e. The van der Waals surface area contributed by atoms with E-state index in [4.69, 9.17) is 9.47 Å². The Bertz CT molecular complexity index is 1210. The highest BCUT2D eigenvalue weighted by Gasteiger charge is 2.31. The molecule has 3 saturated heterocycles. The van der Waals surface area contributed by atoms with Crippen LogP contribution in [0, 0.1) is 6.92 Å². The third kappa shape index (κ3) is 8.98. The average molecular weight is 605 g/mol. The molecule has 0 saturated carbocycles. The van der Waals surface area contributed by atoms with Gasteiger partial charge in [-0.2, -0.15) is 0 Å². The van der Waals surface area contributed by atoms with E-state index in [-0.39, 0.29) is 18.4 Å². The van der Waals surface area contributed by atoms with Crippen molar-refractivity contribution in [2.75, 3.05) is 45.9 Å². The lowest BCUT2D eigenvalue weighted by atomic mass is 9.99. The van der Waals surface area contributed by atoms with E-state index in [1.807, 2.05) is 31.2 Å². The van der Waals surface area contributed by atoms with E-state index in [1.54, 1.807) is 4.90 Å². The topological polar surface area (TPSA) is 74.3 Å². The summed E-state index contributed by atoms with van der Waals surface area (Å²) in [6.07, 6.45) is 10.0. The SMILES string of the molecule is CCCOc1ccc(CN(C(=O)COc2ccc(CN3CCC(N4CCCCC4)CC3)cc2)[C@H]2CCCCNC2=O)cc1C. The fourth-order valence-corrected chi connectivity index (χ4v) is 6.88. The molecule has 3 aliphatic heterocycles. The lowest BCUT2D eigenvalue weighted by Crippen LogP contribution is -2.49. The maximum absolute atomic E-state index is 13.6. The molecule has 8 heteroatoms. The first-order valence-corrected chi connectivity index (χ1v) is 17.0. The molecular formula is C36H52N4O4. The summed E-state index contributed by atoms with van der Waals surface area (Å²) in [7, 11) is 0. The summed E-state index contributed by atoms with van der Waals surface area (Å²) in [6, 6.07) is 14.4. The quantitative estimate of drug-likeness (QED) is 0.354. The van der Waals surface area contributed by atoms with E-state index in [1.165, 1.54) is 50.8 Å². The molecule has 44 heavy (non-hydrogen) atoms. The maximum atomic E-state index is 13.6. The Morgan fingerprint density at radius 1 is 0.909 bits per heavy atom. The predicted octanol–water partition coefficient (Wildman–Crippen LogP) is 5.31. The molecule has 1 N–H and O–H groups in total. The van der Waals surface area contributed by atoms with Gasteiger partial charge in [0.1, 0.15) is 17.5 Å². The molecule has 8 nitrogen and oxygen atoms in total. The van der Waals surface area contributed by atoms with Crippen LogP contribution in [0.5, 0.6) is 11.5 Å². The van der Waals surface area contributed by atoms with Crippen molar-refractivity contribution in [3.63, 3.8) is 0 Å². The van der Waals surface area contributed by atoms with Crippen molar-refractivity contribution in [1.82, 2.24) is 20.0 Å². The lowest BCUT2D eigenvalue weighted by molar-refractivity contribution is -0.142. The van der Waals surface area contributed by atoms with Crippen molar-refractivity contribution in [1.29, 1.82) is 0 Å². The number of ether oxygens (including phenoxy) is 2. The van der Waals surface area contributed by atoms with Crippen LogP contribution in [0.3, 0.4) is 0 Å². The molecule has 0 aromatic heterocycles. The number of piperidine rings is 2. The molecule has 0 unspecified atom stereocenters. The van der Waals surface area contributed by atoms with Gasteiger partial charge in [-0.3, -0.25) is 14.5 Å². The predicted molar refractivity (Wildman–Crippen MR) is 174 cm³/mol. The van der Waals surface area contributed by atoms with Crippen molar-refractivity contribution >= 4 is 11.8 Å². The molecule has 0 bridgehead atoms. The Kier molecular flexibility index (Phi) is 11.9. The van der Waals surface area contributed by atoms with Gasteiger partial charge in [0.2, 0.25) is 5.91 Å². The Hall–Kier alpha value is -3.10. The normalized spacial score (nSPS) is 20.5. The van der Waals surface area contributed by atoms with Gasteiger partial charge >= 0.3 is 0 Å². The fraction of sp³-hybridized carbons (Fsp3) is 0.611. The number of likely N-dealkylation sites (tertiary alicyclic amines) is 2. The van der Waals surface area contributed by atoms with E-state index in [9.17, 15) is 9.59 Å². The first kappa shape index (κ1) is 32.3. The molecule has 2 aromatic carbocycles. The highest BCUT2D eigenvalue weighted by Crippen LogP contribution is 2.24. The second-order valence-corrected chi connectivity index (χ2v) is 12.8. The number of amides is 2. The van der Waals surface area contributed by atoms with Gasteiger partial charge in [-0.1, -0.05) is 37.6 Å². The zero-order valence-corrected chi connectivity index (χ0v) is 26.9. The Labute approximate surface area is 264 Å². The van der Waals surface area contributed by atoms with Crippen molar-refractivity contribution in [3.05, 3.63) is 59.2 Å². The van der Waals surface area contributed by atoms with Crippen molar-refractivity contribution in [3.8, 4) is 11.5 Å². The zero-order chi connectivity index (χ0) is 30.7. The number of hydrogen-bond donors (Lipinski definition) is 1. The third-order valence-electron chi connectivity index (χ3n) is 9.41. The summed E-state index contributed by atoms with van der Waals surface area (Å²) < 4.78 is 11.8. The van der Waals surface area contributed by atoms with Crippen LogP contribution in [0.4, 0.5) is 0 Å². The van der Waals surface area contributed by atoms with Gasteiger partial charge in [0.25, 0.3) is 5.91 Å². The van der Waals surface area contributed by atoms with Gasteiger partial charge in [-0.15, -0.1) is 0 Å². The minimum absolute atomic E-state index is 0.0835. The Morgan fingerprint density at radius 3 is 2.39 bits per heavy atom. The molecule has 0 radical (unpaired) electrons. The van der Waals surface area contributed by atoms with Crippen LogP contribution in [-0.2, 0) is 22.7 Å². The molecule has 2 aromatic rings. The summed E-state index contributed by atoms with van der Waals surface area (Å²) in [5.41, 5.74) is 3.26. The number of carbonyl (C=O) groups is 2. The van der Waals surface area contributed by atoms with Crippen LogP contribution in [0.1, 0.15) is 81.4 Å². The van der Waals surface area contributed by atoms with E-state index >= 15 is 0 Å². The monoisotopic (exact) mass is 604 g/mol. The van der Waals surface area contributed by atoms with Crippen LogP contribution in [0.2, 0.25) is 0 Å². The largest absolute Gasteiger partial charge is 0.493 e. The van der Waals surface area contributed by atoms with E-state index in [2.05, 4.69) is 40.2 Å². The van der Waals surface area contributed by atoms with Crippen LogP contribution >= 0.6 is 0 Å². The van der Waals surface area contributed by atoms with Gasteiger partial charge in [-0.05, 0) is 119 Å². The van der Waals surface area contributed by atoms with Crippen molar-refractivity contribution in [2.45, 2.75) is 96.8 Å².